The maximum atomic E-state index is 11.8. The van der Waals surface area contributed by atoms with E-state index >= 15 is 0 Å². The number of carbonyl (C=O) groups excluding carboxylic acids is 1. The van der Waals surface area contributed by atoms with Crippen LogP contribution in [0, 0.1) is 10.1 Å². The standard InChI is InChI=1S/C11H13NO4S/c1-16-11-8(10(13)6-7-17-2)4-3-5-9(11)12(14)15/h3-5H,6-7H2,1-2H3. The van der Waals surface area contributed by atoms with Crippen LogP contribution in [0.5, 0.6) is 5.75 Å². The maximum absolute atomic E-state index is 11.8. The van der Waals surface area contributed by atoms with Crippen LogP contribution < -0.4 is 4.74 Å². The Labute approximate surface area is 103 Å². The Kier molecular flexibility index (Phi) is 4.96. The Balaban J connectivity index is 3.11. The summed E-state index contributed by atoms with van der Waals surface area (Å²) < 4.78 is 4.97. The summed E-state index contributed by atoms with van der Waals surface area (Å²) in [5.74, 6) is 0.591. The van der Waals surface area contributed by atoms with E-state index in [0.717, 1.165) is 0 Å². The maximum Gasteiger partial charge on any atom is 0.311 e. The summed E-state index contributed by atoms with van der Waals surface area (Å²) in [5, 5.41) is 10.8. The average Bonchev–Trinajstić information content (AvgIpc) is 2.34. The lowest BCUT2D eigenvalue weighted by atomic mass is 10.1. The lowest BCUT2D eigenvalue weighted by molar-refractivity contribution is -0.385. The van der Waals surface area contributed by atoms with Crippen molar-refractivity contribution in [3.63, 3.8) is 0 Å². The average molecular weight is 255 g/mol. The minimum Gasteiger partial charge on any atom is -0.490 e. The first-order chi connectivity index (χ1) is 8.11. The summed E-state index contributed by atoms with van der Waals surface area (Å²) in [6.45, 7) is 0. The molecule has 0 saturated carbocycles. The molecule has 0 aliphatic rings. The van der Waals surface area contributed by atoms with Crippen LogP contribution in [0.1, 0.15) is 16.8 Å². The first-order valence-corrected chi connectivity index (χ1v) is 6.34. The smallest absolute Gasteiger partial charge is 0.311 e. The zero-order valence-electron chi connectivity index (χ0n) is 9.63. The largest absolute Gasteiger partial charge is 0.490 e. The zero-order chi connectivity index (χ0) is 12.8. The van der Waals surface area contributed by atoms with Gasteiger partial charge < -0.3 is 4.74 Å². The quantitative estimate of drug-likeness (QED) is 0.444. The number of rotatable bonds is 6. The van der Waals surface area contributed by atoms with Gasteiger partial charge in [0.2, 0.25) is 5.75 Å². The van der Waals surface area contributed by atoms with Crippen molar-refractivity contribution in [2.75, 3.05) is 19.1 Å². The normalized spacial score (nSPS) is 10.0. The molecule has 0 atom stereocenters. The van der Waals surface area contributed by atoms with Crippen molar-refractivity contribution in [2.45, 2.75) is 6.42 Å². The summed E-state index contributed by atoms with van der Waals surface area (Å²) in [5.41, 5.74) is 0.0956. The van der Waals surface area contributed by atoms with E-state index in [2.05, 4.69) is 0 Å². The third-order valence-corrected chi connectivity index (χ3v) is 2.84. The van der Waals surface area contributed by atoms with Crippen LogP contribution in [-0.2, 0) is 0 Å². The van der Waals surface area contributed by atoms with Crippen molar-refractivity contribution in [1.82, 2.24) is 0 Å². The van der Waals surface area contributed by atoms with Gasteiger partial charge in [0, 0.05) is 18.2 Å². The van der Waals surface area contributed by atoms with Crippen molar-refractivity contribution in [2.24, 2.45) is 0 Å². The van der Waals surface area contributed by atoms with Gasteiger partial charge in [0.15, 0.2) is 5.78 Å². The summed E-state index contributed by atoms with van der Waals surface area (Å²) in [6, 6.07) is 4.37. The number of nitrogens with zero attached hydrogens (tertiary/aromatic N) is 1. The molecule has 1 rings (SSSR count). The fourth-order valence-electron chi connectivity index (χ4n) is 1.43. The van der Waals surface area contributed by atoms with E-state index in [1.807, 2.05) is 6.26 Å². The van der Waals surface area contributed by atoms with Crippen LogP contribution in [0.3, 0.4) is 0 Å². The molecule has 5 nitrogen and oxygen atoms in total. The number of hydrogen-bond acceptors (Lipinski definition) is 5. The van der Waals surface area contributed by atoms with E-state index in [0.29, 0.717) is 12.2 Å². The minimum absolute atomic E-state index is 0.0450. The van der Waals surface area contributed by atoms with Gasteiger partial charge in [0.05, 0.1) is 17.6 Å². The highest BCUT2D eigenvalue weighted by atomic mass is 32.2. The molecule has 0 bridgehead atoms. The molecule has 0 saturated heterocycles. The van der Waals surface area contributed by atoms with E-state index in [9.17, 15) is 14.9 Å². The Hall–Kier alpha value is -1.56. The fourth-order valence-corrected chi connectivity index (χ4v) is 1.82. The topological polar surface area (TPSA) is 69.4 Å². The molecule has 0 aliphatic carbocycles. The second-order valence-corrected chi connectivity index (χ2v) is 4.27. The number of ketones is 1. The Morgan fingerprint density at radius 2 is 2.24 bits per heavy atom. The monoisotopic (exact) mass is 255 g/mol. The number of nitro groups is 1. The van der Waals surface area contributed by atoms with Crippen LogP contribution in [-0.4, -0.2) is 29.8 Å². The SMILES string of the molecule is COc1c(C(=O)CCSC)cccc1[N+](=O)[O-]. The van der Waals surface area contributed by atoms with E-state index in [-0.39, 0.29) is 22.8 Å². The molecule has 0 N–H and O–H groups in total. The number of nitro benzene ring substituents is 1. The molecule has 1 aromatic carbocycles. The van der Waals surface area contributed by atoms with E-state index in [1.54, 1.807) is 17.8 Å². The van der Waals surface area contributed by atoms with Gasteiger partial charge in [-0.1, -0.05) is 6.07 Å². The van der Waals surface area contributed by atoms with E-state index in [1.165, 1.54) is 19.2 Å². The highest BCUT2D eigenvalue weighted by Crippen LogP contribution is 2.31. The van der Waals surface area contributed by atoms with Crippen LogP contribution in [0.4, 0.5) is 5.69 Å². The molecule has 0 unspecified atom stereocenters. The molecule has 92 valence electrons. The lowest BCUT2D eigenvalue weighted by Gasteiger charge is -2.07. The van der Waals surface area contributed by atoms with Gasteiger partial charge in [-0.15, -0.1) is 0 Å². The summed E-state index contributed by atoms with van der Waals surface area (Å²) in [6.07, 6.45) is 2.25. The molecule has 17 heavy (non-hydrogen) atoms. The Morgan fingerprint density at radius 3 is 2.76 bits per heavy atom. The van der Waals surface area contributed by atoms with E-state index < -0.39 is 4.92 Å². The number of benzene rings is 1. The minimum atomic E-state index is -0.551. The lowest BCUT2D eigenvalue weighted by Crippen LogP contribution is -2.05. The van der Waals surface area contributed by atoms with Gasteiger partial charge in [0.25, 0.3) is 0 Å². The van der Waals surface area contributed by atoms with Crippen molar-refractivity contribution in [3.8, 4) is 5.75 Å². The van der Waals surface area contributed by atoms with Gasteiger partial charge in [0.1, 0.15) is 0 Å². The van der Waals surface area contributed by atoms with Gasteiger partial charge in [-0.25, -0.2) is 0 Å². The molecule has 0 aliphatic heterocycles. The molecule has 6 heteroatoms. The highest BCUT2D eigenvalue weighted by Gasteiger charge is 2.21. The van der Waals surface area contributed by atoms with Crippen molar-refractivity contribution >= 4 is 23.2 Å². The first kappa shape index (κ1) is 13.5. The zero-order valence-corrected chi connectivity index (χ0v) is 10.5. The molecule has 0 amide bonds. The van der Waals surface area contributed by atoms with Gasteiger partial charge >= 0.3 is 5.69 Å². The van der Waals surface area contributed by atoms with Crippen molar-refractivity contribution in [3.05, 3.63) is 33.9 Å². The third kappa shape index (κ3) is 3.20. The van der Waals surface area contributed by atoms with Crippen LogP contribution in [0.2, 0.25) is 0 Å². The molecule has 0 radical (unpaired) electrons. The van der Waals surface area contributed by atoms with E-state index in [4.69, 9.17) is 4.74 Å². The number of methoxy groups -OCH3 is 1. The molecule has 0 spiro atoms. The molecular weight excluding hydrogens is 242 g/mol. The van der Waals surface area contributed by atoms with Crippen LogP contribution >= 0.6 is 11.8 Å². The number of hydrogen-bond donors (Lipinski definition) is 0. The van der Waals surface area contributed by atoms with Crippen LogP contribution in [0.25, 0.3) is 0 Å². The van der Waals surface area contributed by atoms with Gasteiger partial charge in [-0.3, -0.25) is 14.9 Å². The highest BCUT2D eigenvalue weighted by molar-refractivity contribution is 7.98. The summed E-state index contributed by atoms with van der Waals surface area (Å²) in [4.78, 5) is 22.1. The Bertz CT molecular complexity index is 433. The molecule has 0 fully saturated rings. The summed E-state index contributed by atoms with van der Waals surface area (Å²) >= 11 is 1.55. The number of carbonyl (C=O) groups is 1. The van der Waals surface area contributed by atoms with Crippen LogP contribution in [0.15, 0.2) is 18.2 Å². The predicted octanol–water partition coefficient (Wildman–Crippen LogP) is 2.54. The Morgan fingerprint density at radius 1 is 1.53 bits per heavy atom. The van der Waals surface area contributed by atoms with Crippen molar-refractivity contribution in [1.29, 1.82) is 0 Å². The summed E-state index contributed by atoms with van der Waals surface area (Å²) in [7, 11) is 1.33. The molecule has 0 aromatic heterocycles. The van der Waals surface area contributed by atoms with Gasteiger partial charge in [-0.2, -0.15) is 11.8 Å². The second-order valence-electron chi connectivity index (χ2n) is 3.28. The first-order valence-electron chi connectivity index (χ1n) is 4.95. The number of ether oxygens (including phenoxy) is 1. The predicted molar refractivity (Wildman–Crippen MR) is 67.0 cm³/mol. The fraction of sp³-hybridized carbons (Fsp3) is 0.364. The van der Waals surface area contributed by atoms with Gasteiger partial charge in [-0.05, 0) is 12.3 Å². The van der Waals surface area contributed by atoms with Crippen molar-refractivity contribution < 1.29 is 14.5 Å². The number of para-hydroxylation sites is 1. The molecule has 0 heterocycles. The second kappa shape index (κ2) is 6.24. The number of Topliss-reactive ketones (excluding diaryl/α,β-unsaturated/α-hetero) is 1. The third-order valence-electron chi connectivity index (χ3n) is 2.23. The number of thioether (sulfide) groups is 1. The molecular formula is C11H13NO4S. The molecule has 1 aromatic rings.